The fraction of sp³-hybridized carbons (Fsp3) is 0.273. The second kappa shape index (κ2) is 5.89. The molecule has 0 fully saturated rings. The van der Waals surface area contributed by atoms with Crippen LogP contribution >= 0.6 is 0 Å². The van der Waals surface area contributed by atoms with Crippen LogP contribution in [-0.2, 0) is 6.54 Å². The van der Waals surface area contributed by atoms with E-state index in [1.54, 1.807) is 0 Å². The van der Waals surface area contributed by atoms with E-state index < -0.39 is 12.1 Å². The molecular weight excluding hydrogens is 255 g/mol. The van der Waals surface area contributed by atoms with Crippen molar-refractivity contribution in [2.24, 2.45) is 0 Å². The molecule has 0 radical (unpaired) electrons. The summed E-state index contributed by atoms with van der Waals surface area (Å²) in [4.78, 5) is 10.6. The molecule has 2 aromatic rings. The normalized spacial score (nSPS) is 12.1. The molecule has 1 atom stereocenters. The molecule has 0 bridgehead atoms. The summed E-state index contributed by atoms with van der Waals surface area (Å²) in [5, 5.41) is 19.0. The first-order valence-electron chi connectivity index (χ1n) is 5.46. The van der Waals surface area contributed by atoms with Crippen LogP contribution in [0.1, 0.15) is 10.4 Å². The third-order valence-electron chi connectivity index (χ3n) is 2.31. The first-order chi connectivity index (χ1) is 9.15. The summed E-state index contributed by atoms with van der Waals surface area (Å²) in [6.07, 6.45) is 0.0523. The fourth-order valence-corrected chi connectivity index (χ4v) is 1.40. The number of carbonyl (C=O) groups is 1. The molecule has 0 aliphatic carbocycles. The van der Waals surface area contributed by atoms with Crippen molar-refractivity contribution in [1.29, 1.82) is 0 Å². The maximum Gasteiger partial charge on any atom is 0.335 e. The molecule has 19 heavy (non-hydrogen) atoms. The van der Waals surface area contributed by atoms with Crippen molar-refractivity contribution in [3.05, 3.63) is 36.2 Å². The van der Waals surface area contributed by atoms with Crippen LogP contribution in [0.5, 0.6) is 5.75 Å². The highest BCUT2D eigenvalue weighted by Gasteiger charge is 2.10. The molecule has 1 N–H and O–H groups in total. The molecule has 1 aromatic heterocycles. The lowest BCUT2D eigenvalue weighted by Gasteiger charge is -2.10. The number of alkyl halides is 1. The number of hydrogen-bond acceptors (Lipinski definition) is 5. The van der Waals surface area contributed by atoms with E-state index in [1.807, 2.05) is 0 Å². The van der Waals surface area contributed by atoms with E-state index in [2.05, 4.69) is 15.5 Å². The lowest BCUT2D eigenvalue weighted by Crippen LogP contribution is -2.20. The summed E-state index contributed by atoms with van der Waals surface area (Å²) >= 11 is 0. The van der Waals surface area contributed by atoms with Crippen molar-refractivity contribution in [2.45, 2.75) is 12.7 Å². The van der Waals surface area contributed by atoms with Crippen LogP contribution in [0.4, 0.5) is 4.39 Å². The van der Waals surface area contributed by atoms with Crippen molar-refractivity contribution in [3.8, 4) is 5.75 Å². The van der Waals surface area contributed by atoms with Gasteiger partial charge in [0.25, 0.3) is 0 Å². The largest absolute Gasteiger partial charge is 0.490 e. The van der Waals surface area contributed by atoms with Crippen molar-refractivity contribution in [3.63, 3.8) is 0 Å². The first-order valence-corrected chi connectivity index (χ1v) is 5.46. The van der Waals surface area contributed by atoms with E-state index in [0.717, 1.165) is 0 Å². The first kappa shape index (κ1) is 12.9. The summed E-state index contributed by atoms with van der Waals surface area (Å²) in [5.74, 6) is -0.613. The Bertz CT molecular complexity index is 529. The molecule has 0 spiro atoms. The predicted octanol–water partition coefficient (Wildman–Crippen LogP) is 0.788. The van der Waals surface area contributed by atoms with Crippen molar-refractivity contribution >= 4 is 5.97 Å². The number of aromatic carboxylic acids is 1. The minimum Gasteiger partial charge on any atom is -0.490 e. The molecule has 8 heteroatoms. The Hall–Kier alpha value is -2.51. The third kappa shape index (κ3) is 3.73. The van der Waals surface area contributed by atoms with Gasteiger partial charge in [-0.2, -0.15) is 0 Å². The Morgan fingerprint density at radius 2 is 2.16 bits per heavy atom. The van der Waals surface area contributed by atoms with Gasteiger partial charge in [0.1, 0.15) is 18.7 Å². The van der Waals surface area contributed by atoms with Crippen LogP contribution in [0, 0.1) is 0 Å². The smallest absolute Gasteiger partial charge is 0.335 e. The summed E-state index contributed by atoms with van der Waals surface area (Å²) in [6, 6.07) is 5.75. The van der Waals surface area contributed by atoms with Crippen LogP contribution in [0.3, 0.4) is 0 Å². The molecule has 0 aliphatic rings. The quantitative estimate of drug-likeness (QED) is 0.831. The maximum absolute atomic E-state index is 13.5. The number of carboxylic acids is 1. The van der Waals surface area contributed by atoms with Gasteiger partial charge in [0.05, 0.1) is 12.1 Å². The number of hydrogen-bond donors (Lipinski definition) is 1. The number of benzene rings is 1. The number of tetrazole rings is 1. The predicted molar refractivity (Wildman–Crippen MR) is 61.6 cm³/mol. The van der Waals surface area contributed by atoms with Crippen LogP contribution in [0.2, 0.25) is 0 Å². The fourth-order valence-electron chi connectivity index (χ4n) is 1.40. The Kier molecular flexibility index (Phi) is 4.01. The lowest BCUT2D eigenvalue weighted by molar-refractivity contribution is 0.0696. The minimum absolute atomic E-state index is 0.000208. The number of rotatable bonds is 6. The summed E-state index contributed by atoms with van der Waals surface area (Å²) < 4.78 is 20.0. The summed E-state index contributed by atoms with van der Waals surface area (Å²) in [7, 11) is 0. The van der Waals surface area contributed by atoms with Crippen LogP contribution in [0.15, 0.2) is 30.6 Å². The molecule has 0 saturated carbocycles. The minimum atomic E-state index is -1.26. The zero-order chi connectivity index (χ0) is 13.7. The van der Waals surface area contributed by atoms with Gasteiger partial charge in [0, 0.05) is 0 Å². The molecule has 100 valence electrons. The summed E-state index contributed by atoms with van der Waals surface area (Å²) in [6.45, 7) is -0.160. The van der Waals surface area contributed by atoms with Crippen molar-refractivity contribution in [1.82, 2.24) is 20.2 Å². The van der Waals surface area contributed by atoms with Crippen LogP contribution in [0.25, 0.3) is 0 Å². The van der Waals surface area contributed by atoms with Gasteiger partial charge in [-0.3, -0.25) is 0 Å². The van der Waals surface area contributed by atoms with Gasteiger partial charge in [0.15, 0.2) is 6.17 Å². The lowest BCUT2D eigenvalue weighted by atomic mass is 10.2. The van der Waals surface area contributed by atoms with Crippen LogP contribution in [-0.4, -0.2) is 44.1 Å². The second-order valence-corrected chi connectivity index (χ2v) is 3.77. The van der Waals surface area contributed by atoms with Crippen LogP contribution < -0.4 is 4.74 Å². The maximum atomic E-state index is 13.5. The molecule has 0 aliphatic heterocycles. The Labute approximate surface area is 107 Å². The number of ether oxygens (including phenoxy) is 1. The second-order valence-electron chi connectivity index (χ2n) is 3.77. The molecular formula is C11H11FN4O3. The van der Waals surface area contributed by atoms with E-state index in [0.29, 0.717) is 5.75 Å². The average molecular weight is 266 g/mol. The van der Waals surface area contributed by atoms with Gasteiger partial charge in [-0.15, -0.1) is 5.10 Å². The highest BCUT2D eigenvalue weighted by Crippen LogP contribution is 2.13. The zero-order valence-electron chi connectivity index (χ0n) is 9.81. The monoisotopic (exact) mass is 266 g/mol. The number of halogens is 1. The summed E-state index contributed by atoms with van der Waals surface area (Å²) in [5.41, 5.74) is 0.151. The van der Waals surface area contributed by atoms with Gasteiger partial charge in [-0.1, -0.05) is 0 Å². The number of nitrogens with zero attached hydrogens (tertiary/aromatic N) is 4. The molecule has 2 rings (SSSR count). The Morgan fingerprint density at radius 3 is 2.74 bits per heavy atom. The van der Waals surface area contributed by atoms with E-state index in [9.17, 15) is 9.18 Å². The van der Waals surface area contributed by atoms with E-state index in [4.69, 9.17) is 9.84 Å². The van der Waals surface area contributed by atoms with Crippen molar-refractivity contribution < 1.29 is 19.0 Å². The Morgan fingerprint density at radius 1 is 1.42 bits per heavy atom. The third-order valence-corrected chi connectivity index (χ3v) is 2.31. The van der Waals surface area contributed by atoms with Gasteiger partial charge in [-0.05, 0) is 34.7 Å². The molecule has 1 heterocycles. The molecule has 1 unspecified atom stereocenters. The molecule has 1 aromatic carbocycles. The number of aromatic nitrogens is 4. The topological polar surface area (TPSA) is 90.1 Å². The van der Waals surface area contributed by atoms with Gasteiger partial charge in [0.2, 0.25) is 0 Å². The van der Waals surface area contributed by atoms with Gasteiger partial charge in [-0.25, -0.2) is 13.9 Å². The van der Waals surface area contributed by atoms with E-state index in [1.165, 1.54) is 35.3 Å². The average Bonchev–Trinajstić information content (AvgIpc) is 2.89. The number of carboxylic acid groups (broad SMARTS) is 1. The van der Waals surface area contributed by atoms with Gasteiger partial charge >= 0.3 is 5.97 Å². The van der Waals surface area contributed by atoms with E-state index >= 15 is 0 Å². The molecule has 0 saturated heterocycles. The van der Waals surface area contributed by atoms with E-state index in [-0.39, 0.29) is 18.7 Å². The molecule has 7 nitrogen and oxygen atoms in total. The molecule has 0 amide bonds. The SMILES string of the molecule is O=C(O)c1ccc(OCC(F)Cn2cnnn2)cc1. The van der Waals surface area contributed by atoms with Gasteiger partial charge < -0.3 is 9.84 Å². The van der Waals surface area contributed by atoms with Crippen molar-refractivity contribution in [2.75, 3.05) is 6.61 Å². The Balaban J connectivity index is 1.83. The highest BCUT2D eigenvalue weighted by molar-refractivity contribution is 5.87. The standard InChI is InChI=1S/C11H11FN4O3/c12-9(5-16-7-13-14-15-16)6-19-10-3-1-8(2-4-10)11(17)18/h1-4,7,9H,5-6H2,(H,17,18). The highest BCUT2D eigenvalue weighted by atomic mass is 19.1. The zero-order valence-corrected chi connectivity index (χ0v) is 9.81.